The Morgan fingerprint density at radius 3 is 2.81 bits per heavy atom. The maximum absolute atomic E-state index is 11.5. The molecule has 1 aromatic rings. The number of esters is 1. The standard InChI is InChI=1S/C15H22BrNO4/c1-4-20-15(18)11(2)21-14-6-5-12(9-13(14)16)10-17-7-8-19-3/h5-6,9,11,17H,4,7-8,10H2,1-3H3. The van der Waals surface area contributed by atoms with E-state index in [2.05, 4.69) is 21.2 Å². The molecule has 21 heavy (non-hydrogen) atoms. The lowest BCUT2D eigenvalue weighted by atomic mass is 10.2. The van der Waals surface area contributed by atoms with Crippen LogP contribution in [0.1, 0.15) is 19.4 Å². The highest BCUT2D eigenvalue weighted by atomic mass is 79.9. The maximum atomic E-state index is 11.5. The smallest absolute Gasteiger partial charge is 0.347 e. The van der Waals surface area contributed by atoms with Gasteiger partial charge in [-0.05, 0) is 47.5 Å². The first-order valence-corrected chi connectivity index (χ1v) is 7.69. The molecule has 118 valence electrons. The van der Waals surface area contributed by atoms with Crippen molar-refractivity contribution in [1.82, 2.24) is 5.32 Å². The largest absolute Gasteiger partial charge is 0.478 e. The summed E-state index contributed by atoms with van der Waals surface area (Å²) in [4.78, 5) is 11.5. The van der Waals surface area contributed by atoms with Gasteiger partial charge >= 0.3 is 5.97 Å². The first-order chi connectivity index (χ1) is 10.1. The van der Waals surface area contributed by atoms with Gasteiger partial charge in [0.05, 0.1) is 17.7 Å². The van der Waals surface area contributed by atoms with E-state index in [0.29, 0.717) is 19.0 Å². The Kier molecular flexibility index (Phi) is 8.34. The molecule has 0 saturated carbocycles. The highest BCUT2D eigenvalue weighted by molar-refractivity contribution is 9.10. The summed E-state index contributed by atoms with van der Waals surface area (Å²) < 4.78 is 16.3. The predicted octanol–water partition coefficient (Wildman–Crippen LogP) is 2.52. The van der Waals surface area contributed by atoms with E-state index in [-0.39, 0.29) is 5.97 Å². The van der Waals surface area contributed by atoms with E-state index in [0.717, 1.165) is 23.1 Å². The van der Waals surface area contributed by atoms with Crippen LogP contribution < -0.4 is 10.1 Å². The third-order valence-corrected chi connectivity index (χ3v) is 3.35. The van der Waals surface area contributed by atoms with Crippen molar-refractivity contribution in [2.45, 2.75) is 26.5 Å². The Morgan fingerprint density at radius 1 is 1.43 bits per heavy atom. The molecule has 0 aliphatic carbocycles. The van der Waals surface area contributed by atoms with Crippen molar-refractivity contribution >= 4 is 21.9 Å². The number of carbonyl (C=O) groups excluding carboxylic acids is 1. The van der Waals surface area contributed by atoms with Gasteiger partial charge in [-0.2, -0.15) is 0 Å². The molecule has 0 aliphatic rings. The van der Waals surface area contributed by atoms with Crippen LogP contribution in [0.25, 0.3) is 0 Å². The van der Waals surface area contributed by atoms with Crippen molar-refractivity contribution in [2.75, 3.05) is 26.9 Å². The van der Waals surface area contributed by atoms with E-state index in [1.165, 1.54) is 0 Å². The van der Waals surface area contributed by atoms with Gasteiger partial charge in [0.2, 0.25) is 0 Å². The molecule has 6 heteroatoms. The molecule has 1 atom stereocenters. The van der Waals surface area contributed by atoms with Crippen LogP contribution in [-0.4, -0.2) is 38.9 Å². The molecule has 0 bridgehead atoms. The third-order valence-electron chi connectivity index (χ3n) is 2.73. The normalized spacial score (nSPS) is 12.0. The van der Waals surface area contributed by atoms with Crippen LogP contribution in [0.3, 0.4) is 0 Å². The number of benzene rings is 1. The fourth-order valence-corrected chi connectivity index (χ4v) is 2.17. The number of nitrogens with one attached hydrogen (secondary N) is 1. The van der Waals surface area contributed by atoms with Crippen molar-refractivity contribution in [3.63, 3.8) is 0 Å². The Balaban J connectivity index is 2.55. The number of ether oxygens (including phenoxy) is 3. The van der Waals surface area contributed by atoms with Crippen molar-refractivity contribution in [3.05, 3.63) is 28.2 Å². The molecule has 0 spiro atoms. The van der Waals surface area contributed by atoms with Gasteiger partial charge in [0, 0.05) is 20.2 Å². The van der Waals surface area contributed by atoms with E-state index in [1.807, 2.05) is 18.2 Å². The highest BCUT2D eigenvalue weighted by Gasteiger charge is 2.17. The monoisotopic (exact) mass is 359 g/mol. The molecule has 0 amide bonds. The van der Waals surface area contributed by atoms with Gasteiger partial charge in [0.1, 0.15) is 5.75 Å². The van der Waals surface area contributed by atoms with Gasteiger partial charge in [-0.25, -0.2) is 4.79 Å². The van der Waals surface area contributed by atoms with Gasteiger partial charge in [-0.1, -0.05) is 6.07 Å². The number of carbonyl (C=O) groups is 1. The summed E-state index contributed by atoms with van der Waals surface area (Å²) >= 11 is 3.46. The summed E-state index contributed by atoms with van der Waals surface area (Å²) in [5, 5.41) is 3.26. The molecular weight excluding hydrogens is 338 g/mol. The summed E-state index contributed by atoms with van der Waals surface area (Å²) in [5.74, 6) is 0.255. The minimum absolute atomic E-state index is 0.347. The van der Waals surface area contributed by atoms with Crippen LogP contribution in [0.4, 0.5) is 0 Å². The lowest BCUT2D eigenvalue weighted by molar-refractivity contribution is -0.150. The molecule has 1 aromatic carbocycles. The molecule has 0 fully saturated rings. The van der Waals surface area contributed by atoms with Crippen molar-refractivity contribution < 1.29 is 19.0 Å². The minimum Gasteiger partial charge on any atom is -0.478 e. The molecule has 1 unspecified atom stereocenters. The van der Waals surface area contributed by atoms with Gasteiger partial charge in [-0.15, -0.1) is 0 Å². The molecule has 0 radical (unpaired) electrons. The van der Waals surface area contributed by atoms with Crippen LogP contribution in [0.5, 0.6) is 5.75 Å². The Hall–Kier alpha value is -1.11. The van der Waals surface area contributed by atoms with E-state index in [4.69, 9.17) is 14.2 Å². The Morgan fingerprint density at radius 2 is 2.19 bits per heavy atom. The van der Waals surface area contributed by atoms with Gasteiger partial charge in [-0.3, -0.25) is 0 Å². The first kappa shape index (κ1) is 17.9. The number of halogens is 1. The molecule has 1 rings (SSSR count). The molecule has 1 N–H and O–H groups in total. The zero-order chi connectivity index (χ0) is 15.7. The maximum Gasteiger partial charge on any atom is 0.347 e. The third kappa shape index (κ3) is 6.46. The summed E-state index contributed by atoms with van der Waals surface area (Å²) in [6.07, 6.45) is -0.632. The molecular formula is C15H22BrNO4. The van der Waals surface area contributed by atoms with Crippen LogP contribution in [0.2, 0.25) is 0 Å². The number of hydrogen-bond acceptors (Lipinski definition) is 5. The molecule has 0 aliphatic heterocycles. The lowest BCUT2D eigenvalue weighted by Gasteiger charge is -2.15. The quantitative estimate of drug-likeness (QED) is 0.542. The van der Waals surface area contributed by atoms with Crippen LogP contribution in [-0.2, 0) is 20.8 Å². The highest BCUT2D eigenvalue weighted by Crippen LogP contribution is 2.27. The van der Waals surface area contributed by atoms with Gasteiger partial charge in [0.25, 0.3) is 0 Å². The topological polar surface area (TPSA) is 56.8 Å². The Labute approximate surface area is 134 Å². The predicted molar refractivity (Wildman–Crippen MR) is 84.4 cm³/mol. The van der Waals surface area contributed by atoms with Gasteiger partial charge in [0.15, 0.2) is 6.10 Å². The molecule has 0 aromatic heterocycles. The summed E-state index contributed by atoms with van der Waals surface area (Å²) in [5.41, 5.74) is 1.12. The average Bonchev–Trinajstić information content (AvgIpc) is 2.46. The summed E-state index contributed by atoms with van der Waals surface area (Å²) in [6, 6.07) is 5.76. The van der Waals surface area contributed by atoms with Gasteiger partial charge < -0.3 is 19.5 Å². The molecule has 0 saturated heterocycles. The second kappa shape index (κ2) is 9.76. The fourth-order valence-electron chi connectivity index (χ4n) is 1.66. The first-order valence-electron chi connectivity index (χ1n) is 6.89. The number of hydrogen-bond donors (Lipinski definition) is 1. The van der Waals surface area contributed by atoms with E-state index in [9.17, 15) is 4.79 Å². The van der Waals surface area contributed by atoms with Crippen molar-refractivity contribution in [1.29, 1.82) is 0 Å². The van der Waals surface area contributed by atoms with E-state index < -0.39 is 6.10 Å². The number of methoxy groups -OCH3 is 1. The van der Waals surface area contributed by atoms with E-state index in [1.54, 1.807) is 21.0 Å². The number of rotatable bonds is 9. The van der Waals surface area contributed by atoms with Crippen LogP contribution in [0, 0.1) is 0 Å². The SMILES string of the molecule is CCOC(=O)C(C)Oc1ccc(CNCCOC)cc1Br. The second-order valence-electron chi connectivity index (χ2n) is 4.45. The van der Waals surface area contributed by atoms with Crippen molar-refractivity contribution in [3.8, 4) is 5.75 Å². The fraction of sp³-hybridized carbons (Fsp3) is 0.533. The minimum atomic E-state index is -0.632. The molecule has 0 heterocycles. The lowest BCUT2D eigenvalue weighted by Crippen LogP contribution is -2.26. The summed E-state index contributed by atoms with van der Waals surface area (Å²) in [7, 11) is 1.68. The zero-order valence-electron chi connectivity index (χ0n) is 12.6. The summed E-state index contributed by atoms with van der Waals surface area (Å²) in [6.45, 7) is 6.01. The van der Waals surface area contributed by atoms with Crippen molar-refractivity contribution in [2.24, 2.45) is 0 Å². The van der Waals surface area contributed by atoms with Crippen LogP contribution >= 0.6 is 15.9 Å². The average molecular weight is 360 g/mol. The zero-order valence-corrected chi connectivity index (χ0v) is 14.2. The van der Waals surface area contributed by atoms with Crippen LogP contribution in [0.15, 0.2) is 22.7 Å². The van der Waals surface area contributed by atoms with E-state index >= 15 is 0 Å². The molecule has 5 nitrogen and oxygen atoms in total. The Bertz CT molecular complexity index is 453. The second-order valence-corrected chi connectivity index (χ2v) is 5.30.